The van der Waals surface area contributed by atoms with E-state index < -0.39 is 4.87 Å². The van der Waals surface area contributed by atoms with Crippen LogP contribution in [0.5, 0.6) is 11.5 Å². The molecule has 2 heterocycles. The molecule has 8 nitrogen and oxygen atoms in total. The molecule has 190 valence electrons. The highest BCUT2D eigenvalue weighted by Gasteiger charge is 2.64. The Balaban J connectivity index is 1.67. The molecule has 0 radical (unpaired) electrons. The summed E-state index contributed by atoms with van der Waals surface area (Å²) in [6.07, 6.45) is 2.90. The van der Waals surface area contributed by atoms with E-state index in [4.69, 9.17) is 9.47 Å². The molecular formula is C27H32N4O4S. The van der Waals surface area contributed by atoms with Gasteiger partial charge in [0.05, 0.1) is 14.2 Å². The third-order valence-corrected chi connectivity index (χ3v) is 9.01. The van der Waals surface area contributed by atoms with E-state index in [0.29, 0.717) is 5.17 Å². The van der Waals surface area contributed by atoms with Gasteiger partial charge in [0.15, 0.2) is 5.17 Å². The van der Waals surface area contributed by atoms with Gasteiger partial charge in [0.2, 0.25) is 11.8 Å². The van der Waals surface area contributed by atoms with Gasteiger partial charge < -0.3 is 20.1 Å². The lowest BCUT2D eigenvalue weighted by Crippen LogP contribution is -2.65. The Kier molecular flexibility index (Phi) is 6.70. The fourth-order valence-electron chi connectivity index (χ4n) is 6.18. The van der Waals surface area contributed by atoms with Crippen LogP contribution in [0.25, 0.3) is 0 Å². The van der Waals surface area contributed by atoms with Gasteiger partial charge in [-0.25, -0.2) is 5.01 Å². The zero-order valence-corrected chi connectivity index (χ0v) is 21.8. The molecule has 9 heteroatoms. The molecule has 4 atom stereocenters. The summed E-state index contributed by atoms with van der Waals surface area (Å²) in [7, 11) is 3.34. The first-order valence-corrected chi connectivity index (χ1v) is 13.1. The number of carbonyl (C=O) groups is 2. The Hall–Kier alpha value is -3.04. The third-order valence-electron chi connectivity index (χ3n) is 7.53. The predicted octanol–water partition coefficient (Wildman–Crippen LogP) is 4.20. The van der Waals surface area contributed by atoms with E-state index in [1.54, 1.807) is 26.2 Å². The third kappa shape index (κ3) is 4.14. The summed E-state index contributed by atoms with van der Waals surface area (Å²) in [6, 6.07) is 16.1. The number of amides is 2. The zero-order valence-electron chi connectivity index (χ0n) is 21.0. The van der Waals surface area contributed by atoms with Gasteiger partial charge in [-0.3, -0.25) is 9.59 Å². The highest BCUT2D eigenvalue weighted by atomic mass is 32.2. The Morgan fingerprint density at radius 2 is 1.56 bits per heavy atom. The van der Waals surface area contributed by atoms with Crippen molar-refractivity contribution in [3.05, 3.63) is 59.7 Å². The first-order valence-electron chi connectivity index (χ1n) is 12.3. The van der Waals surface area contributed by atoms with Crippen molar-refractivity contribution in [1.29, 1.82) is 0 Å². The SMILES string of the molecule is COc1cccc(C2NC(c3cccc(OC)c3)C3CCCC2C32SC(NC(C)=O)=NN2C(C)=O)c1. The predicted molar refractivity (Wildman–Crippen MR) is 140 cm³/mol. The molecule has 4 unspecified atom stereocenters. The van der Waals surface area contributed by atoms with Crippen molar-refractivity contribution in [2.75, 3.05) is 14.2 Å². The summed E-state index contributed by atoms with van der Waals surface area (Å²) in [5.74, 6) is 1.38. The summed E-state index contributed by atoms with van der Waals surface area (Å²) in [5.41, 5.74) is 2.20. The van der Waals surface area contributed by atoms with Crippen molar-refractivity contribution in [3.8, 4) is 11.5 Å². The topological polar surface area (TPSA) is 92.3 Å². The number of benzene rings is 2. The number of thioether (sulfide) groups is 1. The Labute approximate surface area is 215 Å². The molecule has 1 saturated carbocycles. The quantitative estimate of drug-likeness (QED) is 0.643. The molecule has 2 N–H and O–H groups in total. The lowest BCUT2D eigenvalue weighted by molar-refractivity contribution is -0.140. The van der Waals surface area contributed by atoms with Gasteiger partial charge in [-0.1, -0.05) is 42.4 Å². The summed E-state index contributed by atoms with van der Waals surface area (Å²) in [5, 5.41) is 13.6. The number of ether oxygens (including phenoxy) is 2. The van der Waals surface area contributed by atoms with Gasteiger partial charge in [-0.2, -0.15) is 0 Å². The minimum atomic E-state index is -0.644. The largest absolute Gasteiger partial charge is 0.497 e. The minimum Gasteiger partial charge on any atom is -0.497 e. The van der Waals surface area contributed by atoms with E-state index in [0.717, 1.165) is 41.9 Å². The fraction of sp³-hybridized carbons (Fsp3) is 0.444. The molecular weight excluding hydrogens is 476 g/mol. The summed E-state index contributed by atoms with van der Waals surface area (Å²) in [6.45, 7) is 3.02. The van der Waals surface area contributed by atoms with Crippen molar-refractivity contribution >= 4 is 28.7 Å². The normalized spacial score (nSPS) is 29.0. The molecule has 1 spiro atoms. The summed E-state index contributed by atoms with van der Waals surface area (Å²) < 4.78 is 11.1. The van der Waals surface area contributed by atoms with E-state index in [-0.39, 0.29) is 35.7 Å². The second kappa shape index (κ2) is 9.78. The van der Waals surface area contributed by atoms with Crippen molar-refractivity contribution in [1.82, 2.24) is 15.6 Å². The maximum absolute atomic E-state index is 13.1. The lowest BCUT2D eigenvalue weighted by Gasteiger charge is -2.59. The van der Waals surface area contributed by atoms with Gasteiger partial charge in [0.1, 0.15) is 16.4 Å². The van der Waals surface area contributed by atoms with E-state index in [1.807, 2.05) is 24.3 Å². The lowest BCUT2D eigenvalue weighted by atomic mass is 9.64. The first-order chi connectivity index (χ1) is 17.4. The van der Waals surface area contributed by atoms with Gasteiger partial charge in [-0.15, -0.1) is 5.10 Å². The van der Waals surface area contributed by atoms with E-state index in [9.17, 15) is 9.59 Å². The van der Waals surface area contributed by atoms with Crippen LogP contribution in [0.3, 0.4) is 0 Å². The number of hydrogen-bond acceptors (Lipinski definition) is 7. The van der Waals surface area contributed by atoms with Gasteiger partial charge in [0, 0.05) is 37.8 Å². The second-order valence-electron chi connectivity index (χ2n) is 9.59. The molecule has 5 rings (SSSR count). The van der Waals surface area contributed by atoms with Crippen LogP contribution < -0.4 is 20.1 Å². The second-order valence-corrected chi connectivity index (χ2v) is 10.8. The van der Waals surface area contributed by atoms with Crippen LogP contribution in [0.4, 0.5) is 0 Å². The number of hydrazone groups is 1. The van der Waals surface area contributed by atoms with E-state index in [2.05, 4.69) is 40.0 Å². The number of piperidine rings is 1. The van der Waals surface area contributed by atoms with Crippen LogP contribution in [0.15, 0.2) is 53.6 Å². The van der Waals surface area contributed by atoms with Gasteiger partial charge in [0.25, 0.3) is 0 Å². The highest BCUT2D eigenvalue weighted by molar-refractivity contribution is 8.15. The number of nitrogens with zero attached hydrogens (tertiary/aromatic N) is 2. The Bertz CT molecular complexity index is 1140. The standard InChI is InChI=1S/C27H32N4O4S/c1-16(32)28-26-30-31(17(2)33)27(36-26)22-12-7-13-23(27)25(19-9-6-11-21(15-19)35-4)29-24(22)18-8-5-10-20(14-18)34-3/h5-6,8-11,14-15,22-25,29H,7,12-13H2,1-4H3,(H,28,30,32). The number of nitrogens with one attached hydrogen (secondary N) is 2. The molecule has 1 saturated heterocycles. The van der Waals surface area contributed by atoms with Gasteiger partial charge >= 0.3 is 0 Å². The monoisotopic (exact) mass is 508 g/mol. The van der Waals surface area contributed by atoms with Crippen molar-refractivity contribution < 1.29 is 19.1 Å². The molecule has 2 bridgehead atoms. The highest BCUT2D eigenvalue weighted by Crippen LogP contribution is 2.63. The number of hydrogen-bond donors (Lipinski definition) is 2. The average molecular weight is 509 g/mol. The molecule has 2 aromatic carbocycles. The van der Waals surface area contributed by atoms with E-state index in [1.165, 1.54) is 18.7 Å². The number of amidine groups is 1. The van der Waals surface area contributed by atoms with Crippen molar-refractivity contribution in [3.63, 3.8) is 0 Å². The van der Waals surface area contributed by atoms with Crippen molar-refractivity contribution in [2.24, 2.45) is 16.9 Å². The van der Waals surface area contributed by atoms with Crippen LogP contribution in [0.1, 0.15) is 56.3 Å². The molecule has 2 aliphatic heterocycles. The van der Waals surface area contributed by atoms with Crippen LogP contribution in [-0.2, 0) is 9.59 Å². The molecule has 0 aromatic heterocycles. The average Bonchev–Trinajstić information content (AvgIpc) is 3.22. The molecule has 2 amide bonds. The van der Waals surface area contributed by atoms with Crippen LogP contribution in [0, 0.1) is 11.8 Å². The van der Waals surface area contributed by atoms with Crippen LogP contribution in [-0.4, -0.2) is 41.1 Å². The van der Waals surface area contributed by atoms with Crippen LogP contribution >= 0.6 is 11.8 Å². The van der Waals surface area contributed by atoms with Crippen molar-refractivity contribution in [2.45, 2.75) is 50.1 Å². The maximum Gasteiger partial charge on any atom is 0.240 e. The Morgan fingerprint density at radius 1 is 1.00 bits per heavy atom. The number of carbonyl (C=O) groups excluding carboxylic acids is 2. The maximum atomic E-state index is 13.1. The molecule has 1 aliphatic carbocycles. The molecule has 36 heavy (non-hydrogen) atoms. The molecule has 2 fully saturated rings. The fourth-order valence-corrected chi connectivity index (χ4v) is 7.87. The minimum absolute atomic E-state index is 0.0610. The number of rotatable bonds is 4. The number of methoxy groups -OCH3 is 2. The molecule has 3 aliphatic rings. The smallest absolute Gasteiger partial charge is 0.240 e. The molecule has 2 aromatic rings. The Morgan fingerprint density at radius 3 is 2.03 bits per heavy atom. The summed E-state index contributed by atoms with van der Waals surface area (Å²) >= 11 is 1.53. The first kappa shape index (κ1) is 24.6. The zero-order chi connectivity index (χ0) is 25.4. The van der Waals surface area contributed by atoms with Crippen LogP contribution in [0.2, 0.25) is 0 Å². The van der Waals surface area contributed by atoms with Gasteiger partial charge in [-0.05, 0) is 48.2 Å². The summed E-state index contributed by atoms with van der Waals surface area (Å²) in [4.78, 5) is 24.4. The van der Waals surface area contributed by atoms with E-state index >= 15 is 0 Å².